The van der Waals surface area contributed by atoms with Crippen molar-refractivity contribution in [3.8, 4) is 17.2 Å². The van der Waals surface area contributed by atoms with Gasteiger partial charge in [-0.1, -0.05) is 12.1 Å². The lowest BCUT2D eigenvalue weighted by atomic mass is 9.91. The molecule has 4 rings (SSSR count). The molecule has 3 aromatic carbocycles. The van der Waals surface area contributed by atoms with Crippen LogP contribution in [0.1, 0.15) is 37.9 Å². The van der Waals surface area contributed by atoms with Gasteiger partial charge in [0.05, 0.1) is 37.9 Å². The summed E-state index contributed by atoms with van der Waals surface area (Å²) in [5, 5.41) is 11.6. The predicted octanol–water partition coefficient (Wildman–Crippen LogP) is 4.22. The van der Waals surface area contributed by atoms with Crippen LogP contribution in [-0.2, 0) is 11.2 Å². The van der Waals surface area contributed by atoms with Gasteiger partial charge in [-0.15, -0.1) is 0 Å². The average molecular weight is 507 g/mol. The summed E-state index contributed by atoms with van der Waals surface area (Å²) >= 11 is 0. The monoisotopic (exact) mass is 506 g/mol. The minimum absolute atomic E-state index is 0.00357. The molecule has 1 aliphatic heterocycles. The molecule has 0 spiro atoms. The van der Waals surface area contributed by atoms with E-state index in [-0.39, 0.29) is 17.9 Å². The largest absolute Gasteiger partial charge is 0.493 e. The van der Waals surface area contributed by atoms with E-state index in [9.17, 15) is 19.7 Å². The summed E-state index contributed by atoms with van der Waals surface area (Å²) < 4.78 is 21.7. The molecule has 1 heterocycles. The number of carbonyl (C=O) groups is 2. The lowest BCUT2D eigenvalue weighted by Crippen LogP contribution is -2.42. The van der Waals surface area contributed by atoms with Crippen molar-refractivity contribution >= 4 is 17.6 Å². The van der Waals surface area contributed by atoms with Crippen LogP contribution in [0.5, 0.6) is 17.2 Å². The Hall–Kier alpha value is -4.60. The Morgan fingerprint density at radius 2 is 1.68 bits per heavy atom. The molecular formula is C27H26N2O8. The zero-order chi connectivity index (χ0) is 26.5. The number of hydrogen-bond acceptors (Lipinski definition) is 8. The number of rotatable bonds is 8. The zero-order valence-electron chi connectivity index (χ0n) is 20.6. The molecule has 0 aromatic heterocycles. The maximum atomic E-state index is 13.6. The second kappa shape index (κ2) is 11.0. The number of amides is 1. The van der Waals surface area contributed by atoms with Crippen LogP contribution < -0.4 is 14.2 Å². The van der Waals surface area contributed by atoms with E-state index in [0.717, 1.165) is 11.1 Å². The highest BCUT2D eigenvalue weighted by atomic mass is 16.6. The van der Waals surface area contributed by atoms with E-state index < -0.39 is 22.8 Å². The fraction of sp³-hybridized carbons (Fsp3) is 0.259. The molecule has 10 heteroatoms. The van der Waals surface area contributed by atoms with Gasteiger partial charge in [0.2, 0.25) is 0 Å². The van der Waals surface area contributed by atoms with Gasteiger partial charge in [0.15, 0.2) is 11.5 Å². The quantitative estimate of drug-likeness (QED) is 0.253. The van der Waals surface area contributed by atoms with Gasteiger partial charge in [-0.05, 0) is 60.0 Å². The van der Waals surface area contributed by atoms with Crippen molar-refractivity contribution in [1.29, 1.82) is 0 Å². The molecule has 0 aliphatic carbocycles. The topological polar surface area (TPSA) is 117 Å². The highest BCUT2D eigenvalue weighted by Gasteiger charge is 2.35. The summed E-state index contributed by atoms with van der Waals surface area (Å²) in [5.41, 5.74) is 1.87. The van der Waals surface area contributed by atoms with Crippen molar-refractivity contribution in [2.75, 3.05) is 34.5 Å². The number of hydrogen-bond donors (Lipinski definition) is 0. The fourth-order valence-corrected chi connectivity index (χ4v) is 4.40. The SMILES string of the molecule is COC(=O)c1ccc(OC[C@@H]2c3cc(OC)c(OC)cc3CCN2C(=O)c2ccccc2[N+](=O)[O-])cc1. The number of methoxy groups -OCH3 is 3. The van der Waals surface area contributed by atoms with E-state index in [0.29, 0.717) is 35.8 Å². The van der Waals surface area contributed by atoms with Gasteiger partial charge in [0.1, 0.15) is 17.9 Å². The maximum absolute atomic E-state index is 13.6. The first-order chi connectivity index (χ1) is 17.9. The number of nitrogens with zero attached hydrogens (tertiary/aromatic N) is 2. The smallest absolute Gasteiger partial charge is 0.337 e. The Morgan fingerprint density at radius 1 is 1.00 bits per heavy atom. The normalized spacial score (nSPS) is 14.4. The third-order valence-corrected chi connectivity index (χ3v) is 6.28. The van der Waals surface area contributed by atoms with Crippen LogP contribution in [0.4, 0.5) is 5.69 Å². The van der Waals surface area contributed by atoms with Crippen LogP contribution in [0.15, 0.2) is 60.7 Å². The van der Waals surface area contributed by atoms with E-state index in [2.05, 4.69) is 0 Å². The Labute approximate surface area is 213 Å². The minimum atomic E-state index is -0.573. The van der Waals surface area contributed by atoms with Gasteiger partial charge in [-0.25, -0.2) is 4.79 Å². The van der Waals surface area contributed by atoms with Crippen molar-refractivity contribution in [1.82, 2.24) is 4.90 Å². The third kappa shape index (κ3) is 5.18. The maximum Gasteiger partial charge on any atom is 0.337 e. The van der Waals surface area contributed by atoms with E-state index in [1.165, 1.54) is 32.4 Å². The number of nitro groups is 1. The van der Waals surface area contributed by atoms with Crippen molar-refractivity contribution in [2.45, 2.75) is 12.5 Å². The number of fused-ring (bicyclic) bond motifs is 1. The third-order valence-electron chi connectivity index (χ3n) is 6.28. The molecule has 0 fully saturated rings. The van der Waals surface area contributed by atoms with Crippen LogP contribution in [-0.4, -0.2) is 56.2 Å². The summed E-state index contributed by atoms with van der Waals surface area (Å²) in [6.45, 7) is 0.384. The number of benzene rings is 3. The van der Waals surface area contributed by atoms with Crippen molar-refractivity contribution in [2.24, 2.45) is 0 Å². The molecule has 0 saturated carbocycles. The number of carbonyl (C=O) groups excluding carboxylic acids is 2. The first-order valence-electron chi connectivity index (χ1n) is 11.5. The summed E-state index contributed by atoms with van der Waals surface area (Å²) in [7, 11) is 4.38. The summed E-state index contributed by atoms with van der Waals surface area (Å²) in [5.74, 6) is 0.613. The predicted molar refractivity (Wildman–Crippen MR) is 133 cm³/mol. The Bertz CT molecular complexity index is 1320. The first kappa shape index (κ1) is 25.5. The van der Waals surface area contributed by atoms with Crippen LogP contribution in [0, 0.1) is 10.1 Å². The molecule has 1 atom stereocenters. The average Bonchev–Trinajstić information content (AvgIpc) is 2.94. The molecule has 0 unspecified atom stereocenters. The van der Waals surface area contributed by atoms with Gasteiger partial charge in [0, 0.05) is 12.6 Å². The summed E-state index contributed by atoms with van der Waals surface area (Å²) in [6, 6.07) is 15.4. The van der Waals surface area contributed by atoms with Crippen LogP contribution in [0.3, 0.4) is 0 Å². The van der Waals surface area contributed by atoms with Crippen LogP contribution in [0.2, 0.25) is 0 Å². The molecule has 0 bridgehead atoms. The second-order valence-electron chi connectivity index (χ2n) is 8.27. The minimum Gasteiger partial charge on any atom is -0.493 e. The molecule has 0 radical (unpaired) electrons. The Kier molecular flexibility index (Phi) is 7.57. The van der Waals surface area contributed by atoms with Crippen molar-refractivity contribution in [3.05, 3.63) is 93.0 Å². The van der Waals surface area contributed by atoms with Crippen molar-refractivity contribution in [3.63, 3.8) is 0 Å². The summed E-state index contributed by atoms with van der Waals surface area (Å²) in [4.78, 5) is 38.0. The number of ether oxygens (including phenoxy) is 4. The van der Waals surface area contributed by atoms with E-state index in [1.807, 2.05) is 6.07 Å². The van der Waals surface area contributed by atoms with E-state index in [4.69, 9.17) is 18.9 Å². The van der Waals surface area contributed by atoms with Gasteiger partial charge in [-0.3, -0.25) is 14.9 Å². The molecule has 37 heavy (non-hydrogen) atoms. The van der Waals surface area contributed by atoms with E-state index in [1.54, 1.807) is 48.4 Å². The van der Waals surface area contributed by atoms with Crippen molar-refractivity contribution < 1.29 is 33.5 Å². The van der Waals surface area contributed by atoms with Crippen LogP contribution >= 0.6 is 0 Å². The molecule has 0 N–H and O–H groups in total. The highest BCUT2D eigenvalue weighted by Crippen LogP contribution is 2.39. The van der Waals surface area contributed by atoms with Crippen LogP contribution in [0.25, 0.3) is 0 Å². The second-order valence-corrected chi connectivity index (χ2v) is 8.27. The molecule has 10 nitrogen and oxygen atoms in total. The van der Waals surface area contributed by atoms with E-state index >= 15 is 0 Å². The molecular weight excluding hydrogens is 480 g/mol. The standard InChI is InChI=1S/C27H26N2O8/c1-34-24-14-18-12-13-28(26(30)20-6-4-5-7-22(20)29(32)33)23(21(18)15-25(24)35-2)16-37-19-10-8-17(9-11-19)27(31)36-3/h4-11,14-15,23H,12-13,16H2,1-3H3/t23-/m1/s1. The zero-order valence-corrected chi connectivity index (χ0v) is 20.6. The lowest BCUT2D eigenvalue weighted by Gasteiger charge is -2.37. The first-order valence-corrected chi connectivity index (χ1v) is 11.5. The van der Waals surface area contributed by atoms with Gasteiger partial charge < -0.3 is 23.8 Å². The Balaban J connectivity index is 1.70. The van der Waals surface area contributed by atoms with Gasteiger partial charge in [0.25, 0.3) is 11.6 Å². The Morgan fingerprint density at radius 3 is 2.32 bits per heavy atom. The molecule has 3 aromatic rings. The molecule has 1 amide bonds. The number of nitro benzene ring substituents is 1. The summed E-state index contributed by atoms with van der Waals surface area (Å²) in [6.07, 6.45) is 0.520. The number of esters is 1. The molecule has 1 aliphatic rings. The molecule has 192 valence electrons. The highest BCUT2D eigenvalue weighted by molar-refractivity contribution is 5.98. The molecule has 0 saturated heterocycles. The van der Waals surface area contributed by atoms with Gasteiger partial charge >= 0.3 is 5.97 Å². The number of para-hydroxylation sites is 1. The fourth-order valence-electron chi connectivity index (χ4n) is 4.40. The van der Waals surface area contributed by atoms with Gasteiger partial charge in [-0.2, -0.15) is 0 Å². The lowest BCUT2D eigenvalue weighted by molar-refractivity contribution is -0.385.